The highest BCUT2D eigenvalue weighted by molar-refractivity contribution is 7.13. The van der Waals surface area contributed by atoms with Gasteiger partial charge in [-0.05, 0) is 87.6 Å². The van der Waals surface area contributed by atoms with E-state index in [2.05, 4.69) is 36.8 Å². The van der Waals surface area contributed by atoms with Gasteiger partial charge >= 0.3 is 0 Å². The fourth-order valence-electron chi connectivity index (χ4n) is 5.98. The monoisotopic (exact) mass is 550 g/mol. The Hall–Kier alpha value is -2.94. The number of hydrogen-bond donors (Lipinski definition) is 2. The summed E-state index contributed by atoms with van der Waals surface area (Å²) in [5.74, 6) is 0.452. The zero-order chi connectivity index (χ0) is 27.9. The van der Waals surface area contributed by atoms with Crippen LogP contribution >= 0.6 is 11.3 Å². The number of carbonyl (C=O) groups is 2. The van der Waals surface area contributed by atoms with Gasteiger partial charge < -0.3 is 24.4 Å². The molecule has 39 heavy (non-hydrogen) atoms. The maximum atomic E-state index is 14.2. The Morgan fingerprint density at radius 2 is 1.95 bits per heavy atom. The van der Waals surface area contributed by atoms with E-state index < -0.39 is 6.10 Å². The number of thiophene rings is 1. The highest BCUT2D eigenvalue weighted by Gasteiger charge is 2.37. The Morgan fingerprint density at radius 3 is 2.62 bits per heavy atom. The Labute approximate surface area is 234 Å². The molecule has 0 saturated heterocycles. The first-order chi connectivity index (χ1) is 18.7. The quantitative estimate of drug-likeness (QED) is 0.388. The van der Waals surface area contributed by atoms with Crippen LogP contribution < -0.4 is 4.74 Å². The summed E-state index contributed by atoms with van der Waals surface area (Å²) in [7, 11) is 1.56. The van der Waals surface area contributed by atoms with E-state index in [0.29, 0.717) is 17.9 Å². The van der Waals surface area contributed by atoms with Crippen molar-refractivity contribution in [3.63, 3.8) is 0 Å². The third kappa shape index (κ3) is 5.06. The van der Waals surface area contributed by atoms with Crippen LogP contribution in [-0.2, 0) is 19.4 Å². The molecule has 0 spiro atoms. The van der Waals surface area contributed by atoms with Crippen molar-refractivity contribution in [2.24, 2.45) is 0 Å². The molecular weight excluding hydrogens is 512 g/mol. The zero-order valence-corrected chi connectivity index (χ0v) is 24.1. The summed E-state index contributed by atoms with van der Waals surface area (Å²) in [5.41, 5.74) is 6.20. The van der Waals surface area contributed by atoms with Crippen LogP contribution in [0.5, 0.6) is 5.75 Å². The Balaban J connectivity index is 1.73. The second-order valence-corrected chi connectivity index (χ2v) is 12.5. The number of rotatable bonds is 7. The third-order valence-electron chi connectivity index (χ3n) is 7.95. The van der Waals surface area contributed by atoms with E-state index >= 15 is 0 Å². The van der Waals surface area contributed by atoms with E-state index in [0.717, 1.165) is 70.7 Å². The van der Waals surface area contributed by atoms with Gasteiger partial charge in [0.1, 0.15) is 11.4 Å². The minimum absolute atomic E-state index is 0.0764. The van der Waals surface area contributed by atoms with Gasteiger partial charge in [0, 0.05) is 41.1 Å². The minimum Gasteiger partial charge on any atom is -0.496 e. The summed E-state index contributed by atoms with van der Waals surface area (Å²) >= 11 is 1.67. The van der Waals surface area contributed by atoms with E-state index in [1.54, 1.807) is 18.4 Å². The van der Waals surface area contributed by atoms with Gasteiger partial charge in [0.15, 0.2) is 5.78 Å². The molecule has 3 aromatic rings. The Bertz CT molecular complexity index is 1380. The molecule has 2 aliphatic heterocycles. The molecule has 8 heteroatoms. The second-order valence-electron chi connectivity index (χ2n) is 11.5. The SMILES string of the molecule is COc1cc2c(cc1C(=O)CC[C@@H](O)CO)-c1c(-c3cccs3)c3c(n1CC2)C(=O)N(C(C)(C)C)CCCC3. The first kappa shape index (κ1) is 27.6. The molecule has 7 nitrogen and oxygen atoms in total. The standard InChI is InChI=1S/C31H38N2O5S/c1-31(2,3)33-13-6-5-8-21-27(26-9-7-15-39-26)28-22-17-23(24(36)11-10-20(35)18-34)25(38-4)16-19(22)12-14-32(28)29(21)30(33)37/h7,9,15-17,20,34-35H,5-6,8,10-14,18H2,1-4H3/t20-/m1/s1. The fourth-order valence-corrected chi connectivity index (χ4v) is 6.78. The van der Waals surface area contributed by atoms with Gasteiger partial charge in [-0.1, -0.05) is 6.07 Å². The summed E-state index contributed by atoms with van der Waals surface area (Å²) < 4.78 is 7.84. The maximum Gasteiger partial charge on any atom is 0.271 e. The summed E-state index contributed by atoms with van der Waals surface area (Å²) in [5, 5.41) is 21.1. The van der Waals surface area contributed by atoms with Crippen LogP contribution in [0.2, 0.25) is 0 Å². The molecule has 4 heterocycles. The molecule has 0 unspecified atom stereocenters. The first-order valence-corrected chi connectivity index (χ1v) is 14.7. The molecule has 1 amide bonds. The number of amides is 1. The first-order valence-electron chi connectivity index (χ1n) is 13.8. The molecule has 2 N–H and O–H groups in total. The lowest BCUT2D eigenvalue weighted by Gasteiger charge is -2.37. The summed E-state index contributed by atoms with van der Waals surface area (Å²) in [4.78, 5) is 30.7. The number of aliphatic hydroxyl groups excluding tert-OH is 2. The molecule has 1 atom stereocenters. The largest absolute Gasteiger partial charge is 0.496 e. The van der Waals surface area contributed by atoms with Crippen LogP contribution in [0.25, 0.3) is 21.7 Å². The van der Waals surface area contributed by atoms with Crippen molar-refractivity contribution >= 4 is 23.0 Å². The van der Waals surface area contributed by atoms with Crippen molar-refractivity contribution < 1.29 is 24.5 Å². The Kier molecular flexibility index (Phi) is 7.73. The number of Topliss-reactive ketones (excluding diaryl/α,β-unsaturated/α-hetero) is 1. The van der Waals surface area contributed by atoms with Gasteiger partial charge in [0.25, 0.3) is 5.91 Å². The number of aliphatic hydroxyl groups is 2. The van der Waals surface area contributed by atoms with E-state index in [9.17, 15) is 19.8 Å². The third-order valence-corrected chi connectivity index (χ3v) is 8.84. The van der Waals surface area contributed by atoms with E-state index in [4.69, 9.17) is 4.74 Å². The van der Waals surface area contributed by atoms with Crippen LogP contribution in [0.4, 0.5) is 0 Å². The number of ether oxygens (including phenoxy) is 1. The molecule has 1 aromatic carbocycles. The predicted molar refractivity (Wildman–Crippen MR) is 154 cm³/mol. The number of aryl methyl sites for hydroxylation is 1. The number of methoxy groups -OCH3 is 1. The van der Waals surface area contributed by atoms with Crippen molar-refractivity contribution in [2.75, 3.05) is 20.3 Å². The predicted octanol–water partition coefficient (Wildman–Crippen LogP) is 5.34. The highest BCUT2D eigenvalue weighted by atomic mass is 32.1. The molecule has 2 aliphatic rings. The fraction of sp³-hybridized carbons (Fsp3) is 0.484. The summed E-state index contributed by atoms with van der Waals surface area (Å²) in [6.45, 7) is 7.33. The Morgan fingerprint density at radius 1 is 1.15 bits per heavy atom. The molecule has 0 saturated carbocycles. The number of ketones is 1. The average molecular weight is 551 g/mol. The van der Waals surface area contributed by atoms with Crippen molar-refractivity contribution in [1.82, 2.24) is 9.47 Å². The molecule has 0 radical (unpaired) electrons. The summed E-state index contributed by atoms with van der Waals surface area (Å²) in [6.07, 6.45) is 2.87. The number of fused-ring (bicyclic) bond motifs is 5. The van der Waals surface area contributed by atoms with E-state index in [1.807, 2.05) is 23.1 Å². The molecule has 0 aliphatic carbocycles. The number of hydrogen-bond acceptors (Lipinski definition) is 6. The number of nitrogens with zero attached hydrogens (tertiary/aromatic N) is 2. The van der Waals surface area contributed by atoms with Crippen LogP contribution in [0.3, 0.4) is 0 Å². The second kappa shape index (κ2) is 10.9. The van der Waals surface area contributed by atoms with Gasteiger partial charge in [-0.3, -0.25) is 9.59 Å². The van der Waals surface area contributed by atoms with Gasteiger partial charge in [-0.15, -0.1) is 11.3 Å². The minimum atomic E-state index is -0.934. The zero-order valence-electron chi connectivity index (χ0n) is 23.2. The smallest absolute Gasteiger partial charge is 0.271 e. The molecule has 0 fully saturated rings. The van der Waals surface area contributed by atoms with Crippen LogP contribution in [-0.4, -0.2) is 63.3 Å². The van der Waals surface area contributed by atoms with E-state index in [-0.39, 0.29) is 36.7 Å². The maximum absolute atomic E-state index is 14.2. The van der Waals surface area contributed by atoms with Crippen molar-refractivity contribution in [3.05, 3.63) is 52.0 Å². The average Bonchev–Trinajstić information content (AvgIpc) is 3.54. The highest BCUT2D eigenvalue weighted by Crippen LogP contribution is 2.47. The lowest BCUT2D eigenvalue weighted by Crippen LogP contribution is -2.47. The van der Waals surface area contributed by atoms with Gasteiger partial charge in [-0.25, -0.2) is 0 Å². The number of aromatic nitrogens is 1. The number of benzene rings is 1. The molecular formula is C31H38N2O5S. The van der Waals surface area contributed by atoms with E-state index in [1.165, 1.54) is 0 Å². The molecule has 0 bridgehead atoms. The number of carbonyl (C=O) groups excluding carboxylic acids is 2. The summed E-state index contributed by atoms with van der Waals surface area (Å²) in [6, 6.07) is 8.04. The van der Waals surface area contributed by atoms with Gasteiger partial charge in [0.2, 0.25) is 0 Å². The van der Waals surface area contributed by atoms with Crippen molar-refractivity contribution in [2.45, 2.75) is 77.5 Å². The van der Waals surface area contributed by atoms with Crippen LogP contribution in [0.1, 0.15) is 78.4 Å². The lowest BCUT2D eigenvalue weighted by molar-refractivity contribution is 0.0558. The molecule has 5 rings (SSSR count). The van der Waals surface area contributed by atoms with Crippen LogP contribution in [0, 0.1) is 0 Å². The molecule has 2 aromatic heterocycles. The van der Waals surface area contributed by atoms with Crippen LogP contribution in [0.15, 0.2) is 29.6 Å². The lowest BCUT2D eigenvalue weighted by atomic mass is 9.90. The normalized spacial score (nSPS) is 16.2. The topological polar surface area (TPSA) is 92.0 Å². The molecule has 208 valence electrons. The van der Waals surface area contributed by atoms with Crippen molar-refractivity contribution in [1.29, 1.82) is 0 Å². The van der Waals surface area contributed by atoms with Crippen molar-refractivity contribution in [3.8, 4) is 27.4 Å². The van der Waals surface area contributed by atoms with Gasteiger partial charge in [0.05, 0.1) is 31.1 Å². The van der Waals surface area contributed by atoms with Gasteiger partial charge in [-0.2, -0.15) is 0 Å².